The average Bonchev–Trinajstić information content (AvgIpc) is 2.83. The minimum Gasteiger partial charge on any atom is -0.356 e. The first-order valence-corrected chi connectivity index (χ1v) is 8.43. The van der Waals surface area contributed by atoms with Crippen LogP contribution < -0.4 is 5.32 Å². The van der Waals surface area contributed by atoms with Crippen molar-refractivity contribution >= 4 is 45.9 Å². The van der Waals surface area contributed by atoms with Gasteiger partial charge in [0.05, 0.1) is 6.54 Å². The largest absolute Gasteiger partial charge is 0.356 e. The van der Waals surface area contributed by atoms with Crippen LogP contribution in [0.3, 0.4) is 0 Å². The van der Waals surface area contributed by atoms with E-state index in [4.69, 9.17) is 0 Å². The molecule has 0 aromatic carbocycles. The van der Waals surface area contributed by atoms with Gasteiger partial charge in [-0.3, -0.25) is 9.98 Å². The maximum atomic E-state index is 4.36. The highest BCUT2D eigenvalue weighted by Crippen LogP contribution is 2.14. The molecule has 0 aliphatic rings. The van der Waals surface area contributed by atoms with Crippen LogP contribution in [0.5, 0.6) is 0 Å². The Labute approximate surface area is 169 Å². The van der Waals surface area contributed by atoms with Crippen molar-refractivity contribution in [3.63, 3.8) is 0 Å². The summed E-state index contributed by atoms with van der Waals surface area (Å²) >= 11 is 3.51. The lowest BCUT2D eigenvalue weighted by molar-refractivity contribution is 0.462. The van der Waals surface area contributed by atoms with Crippen molar-refractivity contribution < 1.29 is 0 Å². The topological polar surface area (TPSA) is 45.5 Å². The van der Waals surface area contributed by atoms with Crippen molar-refractivity contribution in [2.75, 3.05) is 20.6 Å². The molecule has 0 fully saturated rings. The minimum absolute atomic E-state index is 0. The van der Waals surface area contributed by atoms with Crippen LogP contribution in [0, 0.1) is 6.92 Å². The molecule has 0 radical (unpaired) electrons. The van der Waals surface area contributed by atoms with Crippen LogP contribution in [0.25, 0.3) is 0 Å². The molecule has 2 aromatic rings. The Kier molecular flexibility index (Phi) is 8.75. The molecular formula is C17H25BrIN5. The van der Waals surface area contributed by atoms with E-state index in [1.54, 1.807) is 0 Å². The number of rotatable bonds is 5. The second-order valence-electron chi connectivity index (χ2n) is 5.65. The van der Waals surface area contributed by atoms with E-state index in [0.717, 1.165) is 35.6 Å². The molecule has 132 valence electrons. The number of aliphatic imine (C=N–C) groups is 1. The van der Waals surface area contributed by atoms with Gasteiger partial charge in [-0.25, -0.2) is 0 Å². The van der Waals surface area contributed by atoms with Gasteiger partial charge >= 0.3 is 0 Å². The molecule has 7 heteroatoms. The lowest BCUT2D eigenvalue weighted by Crippen LogP contribution is -2.39. The van der Waals surface area contributed by atoms with Gasteiger partial charge in [0.15, 0.2) is 5.96 Å². The summed E-state index contributed by atoms with van der Waals surface area (Å²) in [6, 6.07) is 6.29. The van der Waals surface area contributed by atoms with Crippen LogP contribution in [-0.2, 0) is 20.0 Å². The monoisotopic (exact) mass is 505 g/mol. The normalized spacial score (nSPS) is 11.1. The van der Waals surface area contributed by atoms with Crippen LogP contribution in [0.1, 0.15) is 17.0 Å². The summed E-state index contributed by atoms with van der Waals surface area (Å²) in [4.78, 5) is 10.8. The molecule has 0 atom stereocenters. The molecule has 0 bridgehead atoms. The summed E-state index contributed by atoms with van der Waals surface area (Å²) < 4.78 is 3.21. The number of aryl methyl sites for hydroxylation is 2. The van der Waals surface area contributed by atoms with Crippen molar-refractivity contribution in [3.05, 3.63) is 52.0 Å². The number of pyridine rings is 1. The van der Waals surface area contributed by atoms with E-state index >= 15 is 0 Å². The van der Waals surface area contributed by atoms with E-state index < -0.39 is 0 Å². The van der Waals surface area contributed by atoms with Crippen LogP contribution in [0.2, 0.25) is 0 Å². The zero-order chi connectivity index (χ0) is 16.8. The summed E-state index contributed by atoms with van der Waals surface area (Å²) in [6.07, 6.45) is 4.92. The Bertz CT molecular complexity index is 666. The Hall–Kier alpha value is -1.09. The highest BCUT2D eigenvalue weighted by molar-refractivity contribution is 14.0. The molecule has 0 amide bonds. The van der Waals surface area contributed by atoms with E-state index in [2.05, 4.69) is 66.1 Å². The van der Waals surface area contributed by atoms with Crippen LogP contribution in [0.4, 0.5) is 0 Å². The molecule has 5 nitrogen and oxygen atoms in total. The van der Waals surface area contributed by atoms with Crippen LogP contribution >= 0.6 is 39.9 Å². The molecule has 2 heterocycles. The number of halogens is 2. The molecule has 24 heavy (non-hydrogen) atoms. The molecule has 0 spiro atoms. The maximum absolute atomic E-state index is 4.36. The molecule has 1 N–H and O–H groups in total. The van der Waals surface area contributed by atoms with E-state index in [1.165, 1.54) is 11.3 Å². The van der Waals surface area contributed by atoms with Crippen LogP contribution in [0.15, 0.2) is 40.1 Å². The predicted molar refractivity (Wildman–Crippen MR) is 114 cm³/mol. The highest BCUT2D eigenvalue weighted by Gasteiger charge is 2.09. The number of nitrogens with one attached hydrogen (secondary N) is 1. The fraction of sp³-hybridized carbons (Fsp3) is 0.412. The van der Waals surface area contributed by atoms with Gasteiger partial charge in [0.1, 0.15) is 0 Å². The van der Waals surface area contributed by atoms with E-state index in [-0.39, 0.29) is 24.0 Å². The van der Waals surface area contributed by atoms with Gasteiger partial charge in [0, 0.05) is 55.9 Å². The Morgan fingerprint density at radius 2 is 2.17 bits per heavy atom. The van der Waals surface area contributed by atoms with E-state index in [9.17, 15) is 0 Å². The Morgan fingerprint density at radius 1 is 1.42 bits per heavy atom. The predicted octanol–water partition coefficient (Wildman–Crippen LogP) is 3.36. The van der Waals surface area contributed by atoms with Crippen LogP contribution in [-0.4, -0.2) is 41.1 Å². The smallest absolute Gasteiger partial charge is 0.193 e. The number of hydrogen-bond acceptors (Lipinski definition) is 2. The zero-order valence-corrected chi connectivity index (χ0v) is 18.5. The van der Waals surface area contributed by atoms with Gasteiger partial charge in [-0.2, -0.15) is 0 Å². The third-order valence-electron chi connectivity index (χ3n) is 3.72. The van der Waals surface area contributed by atoms with Gasteiger partial charge in [-0.05, 0) is 47.0 Å². The zero-order valence-electron chi connectivity index (χ0n) is 14.6. The summed E-state index contributed by atoms with van der Waals surface area (Å²) in [5.74, 6) is 0.891. The second-order valence-corrected chi connectivity index (χ2v) is 6.56. The molecule has 0 saturated carbocycles. The molecule has 0 saturated heterocycles. The molecule has 0 aliphatic heterocycles. The average molecular weight is 506 g/mol. The second kappa shape index (κ2) is 10.0. The first kappa shape index (κ1) is 21.0. The van der Waals surface area contributed by atoms with Crippen molar-refractivity contribution in [2.45, 2.75) is 19.9 Å². The summed E-state index contributed by atoms with van der Waals surface area (Å²) in [6.45, 7) is 3.63. The number of nitrogens with zero attached hydrogens (tertiary/aromatic N) is 4. The Balaban J connectivity index is 0.00000288. The fourth-order valence-electron chi connectivity index (χ4n) is 2.39. The highest BCUT2D eigenvalue weighted by atomic mass is 127. The standard InChI is InChI=1S/C17H24BrN5.HI/c1-13-5-6-14(10-21-13)7-8-20-17(19-2)23(4)12-16-9-15(18)11-22(16)3;/h5-6,9-11H,7-8,12H2,1-4H3,(H,19,20);1H. The number of aromatic nitrogens is 2. The SMILES string of the molecule is CN=C(NCCc1ccc(C)nc1)N(C)Cc1cc(Br)cn1C.I. The molecular weight excluding hydrogens is 481 g/mol. The van der Waals surface area contributed by atoms with Crippen molar-refractivity contribution in [1.82, 2.24) is 19.8 Å². The molecule has 2 aromatic heterocycles. The van der Waals surface area contributed by atoms with Gasteiger partial charge in [-0.1, -0.05) is 6.07 Å². The molecule has 0 aliphatic carbocycles. The van der Waals surface area contributed by atoms with E-state index in [1.807, 2.05) is 33.3 Å². The van der Waals surface area contributed by atoms with Gasteiger partial charge in [0.2, 0.25) is 0 Å². The van der Waals surface area contributed by atoms with Crippen molar-refractivity contribution in [2.24, 2.45) is 12.0 Å². The Morgan fingerprint density at radius 3 is 2.71 bits per heavy atom. The molecule has 0 unspecified atom stereocenters. The lowest BCUT2D eigenvalue weighted by Gasteiger charge is -2.22. The first-order chi connectivity index (χ1) is 11.0. The summed E-state index contributed by atoms with van der Waals surface area (Å²) in [5.41, 5.74) is 3.50. The first-order valence-electron chi connectivity index (χ1n) is 7.63. The maximum Gasteiger partial charge on any atom is 0.193 e. The quantitative estimate of drug-likeness (QED) is 0.385. The van der Waals surface area contributed by atoms with Crippen molar-refractivity contribution in [3.8, 4) is 0 Å². The van der Waals surface area contributed by atoms with Gasteiger partial charge in [-0.15, -0.1) is 24.0 Å². The summed E-state index contributed by atoms with van der Waals surface area (Å²) in [7, 11) is 5.91. The fourth-order valence-corrected chi connectivity index (χ4v) is 2.96. The number of guanidine groups is 1. The van der Waals surface area contributed by atoms with Crippen molar-refractivity contribution in [1.29, 1.82) is 0 Å². The lowest BCUT2D eigenvalue weighted by atomic mass is 10.2. The van der Waals surface area contributed by atoms with Gasteiger partial charge < -0.3 is 14.8 Å². The van der Waals surface area contributed by atoms with E-state index in [0.29, 0.717) is 0 Å². The third-order valence-corrected chi connectivity index (χ3v) is 4.15. The third kappa shape index (κ3) is 6.08. The summed E-state index contributed by atoms with van der Waals surface area (Å²) in [5, 5.41) is 3.41. The minimum atomic E-state index is 0. The van der Waals surface area contributed by atoms with Gasteiger partial charge in [0.25, 0.3) is 0 Å². The number of hydrogen-bond donors (Lipinski definition) is 1. The molecule has 2 rings (SSSR count).